The van der Waals surface area contributed by atoms with E-state index >= 15 is 0 Å². The fourth-order valence-electron chi connectivity index (χ4n) is 3.35. The van der Waals surface area contributed by atoms with Crippen LogP contribution in [0.2, 0.25) is 0 Å². The number of carbonyl (C=O) groups is 1. The highest BCUT2D eigenvalue weighted by atomic mass is 16.4. The van der Waals surface area contributed by atoms with Crippen LogP contribution in [-0.4, -0.2) is 35.1 Å². The van der Waals surface area contributed by atoms with Crippen molar-refractivity contribution in [1.82, 2.24) is 4.90 Å². The Morgan fingerprint density at radius 1 is 1.19 bits per heavy atom. The van der Waals surface area contributed by atoms with Gasteiger partial charge in [-0.05, 0) is 38.1 Å². The van der Waals surface area contributed by atoms with Crippen molar-refractivity contribution < 1.29 is 9.90 Å². The van der Waals surface area contributed by atoms with E-state index in [1.165, 1.54) is 25.7 Å². The number of nitrogens with zero attached hydrogens (tertiary/aromatic N) is 1. The first-order valence-corrected chi connectivity index (χ1v) is 6.65. The maximum atomic E-state index is 11.0. The van der Waals surface area contributed by atoms with Gasteiger partial charge in [-0.2, -0.15) is 0 Å². The van der Waals surface area contributed by atoms with Gasteiger partial charge in [0.25, 0.3) is 0 Å². The molecule has 1 N–H and O–H groups in total. The first-order valence-electron chi connectivity index (χ1n) is 6.65. The van der Waals surface area contributed by atoms with Crippen molar-refractivity contribution in [2.75, 3.05) is 13.1 Å². The molecule has 0 bridgehead atoms. The molecule has 0 aromatic carbocycles. The van der Waals surface area contributed by atoms with Gasteiger partial charge in [0.1, 0.15) is 0 Å². The van der Waals surface area contributed by atoms with E-state index in [0.29, 0.717) is 6.04 Å². The van der Waals surface area contributed by atoms with Crippen LogP contribution in [0.4, 0.5) is 0 Å². The topological polar surface area (TPSA) is 40.5 Å². The summed E-state index contributed by atoms with van der Waals surface area (Å²) in [7, 11) is 0. The number of piperidine rings is 1. The highest BCUT2D eigenvalue weighted by Crippen LogP contribution is 2.31. The lowest BCUT2D eigenvalue weighted by Gasteiger charge is -2.42. The smallest absolute Gasteiger partial charge is 0.307 e. The van der Waals surface area contributed by atoms with E-state index in [1.807, 2.05) is 0 Å². The number of hydrogen-bond acceptors (Lipinski definition) is 2. The largest absolute Gasteiger partial charge is 0.481 e. The van der Waals surface area contributed by atoms with Crippen molar-refractivity contribution in [3.8, 4) is 0 Å². The van der Waals surface area contributed by atoms with Crippen LogP contribution in [0.1, 0.15) is 45.4 Å². The second-order valence-corrected chi connectivity index (χ2v) is 5.50. The molecule has 3 unspecified atom stereocenters. The van der Waals surface area contributed by atoms with Crippen molar-refractivity contribution in [3.05, 3.63) is 0 Å². The van der Waals surface area contributed by atoms with Crippen LogP contribution in [-0.2, 0) is 4.79 Å². The van der Waals surface area contributed by atoms with Gasteiger partial charge in [-0.1, -0.05) is 19.8 Å². The molecular formula is C13H23NO2. The molecule has 0 aromatic rings. The van der Waals surface area contributed by atoms with Gasteiger partial charge in [0.2, 0.25) is 0 Å². The molecule has 3 heteroatoms. The van der Waals surface area contributed by atoms with Crippen molar-refractivity contribution in [1.29, 1.82) is 0 Å². The van der Waals surface area contributed by atoms with Crippen molar-refractivity contribution in [2.24, 2.45) is 11.8 Å². The number of rotatable bonds is 2. The lowest BCUT2D eigenvalue weighted by atomic mass is 9.83. The summed E-state index contributed by atoms with van der Waals surface area (Å²) in [6.07, 6.45) is 7.19. The van der Waals surface area contributed by atoms with Gasteiger partial charge < -0.3 is 5.11 Å². The van der Waals surface area contributed by atoms with Crippen molar-refractivity contribution in [2.45, 2.75) is 51.5 Å². The summed E-state index contributed by atoms with van der Waals surface area (Å²) in [6.45, 7) is 4.22. The van der Waals surface area contributed by atoms with Crippen LogP contribution in [0.3, 0.4) is 0 Å². The normalized spacial score (nSPS) is 37.2. The fraction of sp³-hybridized carbons (Fsp3) is 0.923. The zero-order chi connectivity index (χ0) is 11.5. The highest BCUT2D eigenvalue weighted by molar-refractivity contribution is 5.70. The lowest BCUT2D eigenvalue weighted by Crippen LogP contribution is -2.48. The Morgan fingerprint density at radius 3 is 2.62 bits per heavy atom. The average molecular weight is 225 g/mol. The monoisotopic (exact) mass is 225 g/mol. The number of carboxylic acids is 1. The zero-order valence-corrected chi connectivity index (χ0v) is 10.2. The minimum absolute atomic E-state index is 0.122. The second-order valence-electron chi connectivity index (χ2n) is 5.50. The first-order chi connectivity index (χ1) is 7.68. The maximum Gasteiger partial charge on any atom is 0.307 e. The highest BCUT2D eigenvalue weighted by Gasteiger charge is 2.32. The summed E-state index contributed by atoms with van der Waals surface area (Å²) in [6, 6.07) is 0.649. The molecule has 3 nitrogen and oxygen atoms in total. The fourth-order valence-corrected chi connectivity index (χ4v) is 3.35. The predicted molar refractivity (Wildman–Crippen MR) is 63.4 cm³/mol. The molecule has 1 saturated heterocycles. The number of carboxylic acid groups (broad SMARTS) is 1. The van der Waals surface area contributed by atoms with E-state index in [9.17, 15) is 4.79 Å². The number of hydrogen-bond donors (Lipinski definition) is 1. The molecular weight excluding hydrogens is 202 g/mol. The van der Waals surface area contributed by atoms with Crippen molar-refractivity contribution >= 4 is 5.97 Å². The Balaban J connectivity index is 1.95. The molecule has 2 fully saturated rings. The second kappa shape index (κ2) is 5.17. The van der Waals surface area contributed by atoms with Crippen molar-refractivity contribution in [3.63, 3.8) is 0 Å². The summed E-state index contributed by atoms with van der Waals surface area (Å²) >= 11 is 0. The van der Waals surface area contributed by atoms with Gasteiger partial charge in [0.15, 0.2) is 0 Å². The molecule has 92 valence electrons. The van der Waals surface area contributed by atoms with E-state index in [2.05, 4.69) is 11.8 Å². The van der Waals surface area contributed by atoms with E-state index < -0.39 is 5.97 Å². The third kappa shape index (κ3) is 2.57. The lowest BCUT2D eigenvalue weighted by molar-refractivity contribution is -0.144. The minimum atomic E-state index is -0.604. The molecule has 2 aliphatic rings. The van der Waals surface area contributed by atoms with E-state index in [0.717, 1.165) is 31.8 Å². The van der Waals surface area contributed by atoms with Gasteiger partial charge in [-0.25, -0.2) is 0 Å². The zero-order valence-electron chi connectivity index (χ0n) is 10.2. The third-order valence-electron chi connectivity index (χ3n) is 4.34. The van der Waals surface area contributed by atoms with E-state index in [-0.39, 0.29) is 5.92 Å². The van der Waals surface area contributed by atoms with Gasteiger partial charge in [0.05, 0.1) is 5.92 Å². The van der Waals surface area contributed by atoms with Crippen LogP contribution < -0.4 is 0 Å². The molecule has 16 heavy (non-hydrogen) atoms. The van der Waals surface area contributed by atoms with Gasteiger partial charge >= 0.3 is 5.97 Å². The van der Waals surface area contributed by atoms with E-state index in [1.54, 1.807) is 0 Å². The Morgan fingerprint density at radius 2 is 1.94 bits per heavy atom. The SMILES string of the molecule is CC1CCCCC1N1CCCC(C(=O)O)C1. The Kier molecular flexibility index (Phi) is 3.85. The molecule has 0 aromatic heterocycles. The van der Waals surface area contributed by atoms with Crippen LogP contribution >= 0.6 is 0 Å². The Hall–Kier alpha value is -0.570. The molecule has 0 radical (unpaired) electrons. The Bertz CT molecular complexity index is 254. The van der Waals surface area contributed by atoms with Gasteiger partial charge in [-0.3, -0.25) is 9.69 Å². The van der Waals surface area contributed by atoms with Crippen LogP contribution in [0.5, 0.6) is 0 Å². The molecule has 2 rings (SSSR count). The first kappa shape index (κ1) is 11.9. The summed E-state index contributed by atoms with van der Waals surface area (Å²) in [5, 5.41) is 9.09. The minimum Gasteiger partial charge on any atom is -0.481 e. The standard InChI is InChI=1S/C13H23NO2/c1-10-5-2-3-7-12(10)14-8-4-6-11(9-14)13(15)16/h10-12H,2-9H2,1H3,(H,15,16). The summed E-state index contributed by atoms with van der Waals surface area (Å²) in [5.41, 5.74) is 0. The Labute approximate surface area is 97.8 Å². The summed E-state index contributed by atoms with van der Waals surface area (Å²) in [5.74, 6) is 0.0253. The van der Waals surface area contributed by atoms with E-state index in [4.69, 9.17) is 5.11 Å². The molecule has 3 atom stereocenters. The van der Waals surface area contributed by atoms with Crippen LogP contribution in [0.25, 0.3) is 0 Å². The predicted octanol–water partition coefficient (Wildman–Crippen LogP) is 2.36. The molecule has 1 aliphatic carbocycles. The molecule has 0 spiro atoms. The van der Waals surface area contributed by atoms with Crippen LogP contribution in [0.15, 0.2) is 0 Å². The number of aliphatic carboxylic acids is 1. The molecule has 1 aliphatic heterocycles. The summed E-state index contributed by atoms with van der Waals surface area (Å²) < 4.78 is 0. The molecule has 1 saturated carbocycles. The number of likely N-dealkylation sites (tertiary alicyclic amines) is 1. The third-order valence-corrected chi connectivity index (χ3v) is 4.34. The van der Waals surface area contributed by atoms with Crippen LogP contribution in [0, 0.1) is 11.8 Å². The molecule has 0 amide bonds. The average Bonchev–Trinajstić information content (AvgIpc) is 2.30. The quantitative estimate of drug-likeness (QED) is 0.784. The summed E-state index contributed by atoms with van der Waals surface area (Å²) in [4.78, 5) is 13.5. The van der Waals surface area contributed by atoms with Gasteiger partial charge in [0, 0.05) is 12.6 Å². The maximum absolute atomic E-state index is 11.0. The molecule has 1 heterocycles. The van der Waals surface area contributed by atoms with Gasteiger partial charge in [-0.15, -0.1) is 0 Å².